The van der Waals surface area contributed by atoms with Crippen LogP contribution in [-0.4, -0.2) is 63.6 Å². The van der Waals surface area contributed by atoms with Crippen LogP contribution >= 0.6 is 0 Å². The molecule has 0 radical (unpaired) electrons. The lowest BCUT2D eigenvalue weighted by Crippen LogP contribution is -2.40. The topological polar surface area (TPSA) is 108 Å². The van der Waals surface area contributed by atoms with Crippen molar-refractivity contribution in [3.8, 4) is 0 Å². The Hall–Kier alpha value is -5.23. The smallest absolute Gasteiger partial charge is 0.266 e. The predicted molar refractivity (Wildman–Crippen MR) is 169 cm³/mol. The van der Waals surface area contributed by atoms with Gasteiger partial charge in [-0.1, -0.05) is 18.2 Å². The van der Waals surface area contributed by atoms with Crippen LogP contribution in [0.25, 0.3) is 10.9 Å². The molecule has 0 aliphatic carbocycles. The molecule has 230 valence electrons. The molecule has 1 aliphatic rings. The minimum atomic E-state index is -1.01. The van der Waals surface area contributed by atoms with Gasteiger partial charge in [-0.3, -0.25) is 14.2 Å². The van der Waals surface area contributed by atoms with Crippen molar-refractivity contribution in [2.75, 3.05) is 37.4 Å². The Morgan fingerprint density at radius 2 is 1.80 bits per heavy atom. The van der Waals surface area contributed by atoms with E-state index in [1.165, 1.54) is 28.7 Å². The van der Waals surface area contributed by atoms with Gasteiger partial charge in [0.05, 0.1) is 18.4 Å². The highest BCUT2D eigenvalue weighted by molar-refractivity contribution is 5.93. The number of benzene rings is 3. The van der Waals surface area contributed by atoms with Crippen LogP contribution in [-0.2, 0) is 13.1 Å². The molecule has 0 unspecified atom stereocenters. The van der Waals surface area contributed by atoms with E-state index >= 15 is 0 Å². The number of nitrogens with zero attached hydrogens (tertiary/aromatic N) is 6. The highest BCUT2D eigenvalue weighted by Gasteiger charge is 2.26. The second-order valence-electron chi connectivity index (χ2n) is 11.4. The van der Waals surface area contributed by atoms with Crippen LogP contribution in [0.15, 0.2) is 84.2 Å². The molecule has 1 amide bonds. The molecule has 45 heavy (non-hydrogen) atoms. The predicted octanol–water partition coefficient (Wildman–Crippen LogP) is 4.33. The number of carbonyl (C=O) groups is 1. The van der Waals surface area contributed by atoms with Crippen molar-refractivity contribution >= 4 is 34.1 Å². The Balaban J connectivity index is 1.08. The minimum Gasteiger partial charge on any atom is -0.369 e. The number of hydrogen-bond acceptors (Lipinski definition) is 8. The van der Waals surface area contributed by atoms with Crippen LogP contribution in [0.4, 0.5) is 26.1 Å². The molecule has 0 saturated carbocycles. The summed E-state index contributed by atoms with van der Waals surface area (Å²) in [5, 5.41) is 7.10. The van der Waals surface area contributed by atoms with Crippen molar-refractivity contribution < 1.29 is 13.6 Å². The molecule has 12 heteroatoms. The number of aromatic nitrogens is 4. The molecule has 1 fully saturated rings. The number of carbonyl (C=O) groups excluding carboxylic acids is 1. The van der Waals surface area contributed by atoms with Crippen molar-refractivity contribution in [2.45, 2.75) is 25.6 Å². The summed E-state index contributed by atoms with van der Waals surface area (Å²) in [5.74, 6) is -2.00. The fourth-order valence-electron chi connectivity index (χ4n) is 5.39. The highest BCUT2D eigenvalue weighted by atomic mass is 19.2. The van der Waals surface area contributed by atoms with Crippen LogP contribution in [0.5, 0.6) is 0 Å². The van der Waals surface area contributed by atoms with Gasteiger partial charge in [-0.05, 0) is 74.1 Å². The Morgan fingerprint density at radius 3 is 2.58 bits per heavy atom. The number of nitrogens with one attached hydrogen (secondary N) is 2. The van der Waals surface area contributed by atoms with Crippen molar-refractivity contribution in [1.29, 1.82) is 0 Å². The van der Waals surface area contributed by atoms with Crippen LogP contribution in [0.3, 0.4) is 0 Å². The zero-order valence-electron chi connectivity index (χ0n) is 24.9. The average Bonchev–Trinajstić information content (AvgIpc) is 3.49. The maximum atomic E-state index is 13.6. The van der Waals surface area contributed by atoms with Crippen molar-refractivity contribution in [3.63, 3.8) is 0 Å². The van der Waals surface area contributed by atoms with E-state index in [2.05, 4.69) is 47.5 Å². The zero-order valence-corrected chi connectivity index (χ0v) is 24.9. The molecular formula is C33H32F2N8O2. The summed E-state index contributed by atoms with van der Waals surface area (Å²) in [6, 6.07) is 17.4. The first-order valence-corrected chi connectivity index (χ1v) is 14.5. The number of amides is 1. The molecule has 3 aromatic carbocycles. The summed E-state index contributed by atoms with van der Waals surface area (Å²) < 4.78 is 28.1. The Labute approximate surface area is 258 Å². The molecule has 1 atom stereocenters. The molecule has 10 nitrogen and oxygen atoms in total. The largest absolute Gasteiger partial charge is 0.369 e. The number of anilines is 3. The van der Waals surface area contributed by atoms with E-state index in [0.717, 1.165) is 41.0 Å². The molecule has 0 spiro atoms. The highest BCUT2D eigenvalue weighted by Crippen LogP contribution is 2.25. The standard InChI is InChI=1S/C33H32F2N8O2/c1-41(2)17-21-3-6-24(7-4-21)39-33-37-15-23-14-26(8-10-30(23)40-33)42-12-11-25(19-42)38-31(44)27-16-36-20-43(32(27)45)18-22-5-9-28(34)29(35)13-22/h3-10,13-16,20,25H,11-12,17-19H2,1-2H3,(H,38,44)(H,37,39,40)/t25-/m1/s1. The Kier molecular flexibility index (Phi) is 8.47. The van der Waals surface area contributed by atoms with Gasteiger partial charge in [0.2, 0.25) is 5.95 Å². The second-order valence-corrected chi connectivity index (χ2v) is 11.4. The van der Waals surface area contributed by atoms with Gasteiger partial charge in [0.1, 0.15) is 5.56 Å². The second kappa shape index (κ2) is 12.8. The number of hydrogen-bond donors (Lipinski definition) is 2. The lowest BCUT2D eigenvalue weighted by molar-refractivity contribution is 0.0937. The molecule has 0 bridgehead atoms. The fourth-order valence-corrected chi connectivity index (χ4v) is 5.39. The van der Waals surface area contributed by atoms with Gasteiger partial charge in [0.25, 0.3) is 11.5 Å². The van der Waals surface area contributed by atoms with Gasteiger partial charge in [0.15, 0.2) is 11.6 Å². The summed E-state index contributed by atoms with van der Waals surface area (Å²) in [6.07, 6.45) is 4.97. The van der Waals surface area contributed by atoms with E-state index in [0.29, 0.717) is 31.0 Å². The van der Waals surface area contributed by atoms with E-state index in [1.807, 2.05) is 44.4 Å². The van der Waals surface area contributed by atoms with Crippen molar-refractivity contribution in [1.82, 2.24) is 29.7 Å². The van der Waals surface area contributed by atoms with Crippen molar-refractivity contribution in [3.05, 3.63) is 118 Å². The van der Waals surface area contributed by atoms with Crippen LogP contribution < -0.4 is 21.1 Å². The first-order valence-electron chi connectivity index (χ1n) is 14.5. The lowest BCUT2D eigenvalue weighted by Gasteiger charge is -2.19. The van der Waals surface area contributed by atoms with Gasteiger partial charge in [0, 0.05) is 54.8 Å². The summed E-state index contributed by atoms with van der Waals surface area (Å²) in [4.78, 5) is 43.5. The monoisotopic (exact) mass is 610 g/mol. The van der Waals surface area contributed by atoms with E-state index in [4.69, 9.17) is 0 Å². The Morgan fingerprint density at radius 1 is 1.00 bits per heavy atom. The third kappa shape index (κ3) is 6.96. The van der Waals surface area contributed by atoms with Gasteiger partial charge in [-0.15, -0.1) is 0 Å². The first kappa shape index (κ1) is 29.8. The maximum absolute atomic E-state index is 13.6. The molecule has 1 saturated heterocycles. The third-order valence-electron chi connectivity index (χ3n) is 7.64. The van der Waals surface area contributed by atoms with Crippen molar-refractivity contribution in [2.24, 2.45) is 0 Å². The summed E-state index contributed by atoms with van der Waals surface area (Å²) in [7, 11) is 4.07. The third-order valence-corrected chi connectivity index (χ3v) is 7.64. The number of halogens is 2. The zero-order chi connectivity index (χ0) is 31.5. The average molecular weight is 611 g/mol. The summed E-state index contributed by atoms with van der Waals surface area (Å²) >= 11 is 0. The SMILES string of the molecule is CN(C)Cc1ccc(Nc2ncc3cc(N4CC[C@@H](NC(=O)c5cncn(Cc6ccc(F)c(F)c6)c5=O)C4)ccc3n2)cc1. The minimum absolute atomic E-state index is 0.0469. The molecule has 6 rings (SSSR count). The lowest BCUT2D eigenvalue weighted by atomic mass is 10.2. The summed E-state index contributed by atoms with van der Waals surface area (Å²) in [6.45, 7) is 2.10. The quantitative estimate of drug-likeness (QED) is 0.254. The van der Waals surface area contributed by atoms with Gasteiger partial charge in [-0.25, -0.2) is 23.7 Å². The van der Waals surface area contributed by atoms with E-state index in [1.54, 1.807) is 6.20 Å². The van der Waals surface area contributed by atoms with Crippen LogP contribution in [0.1, 0.15) is 27.9 Å². The Bertz CT molecular complexity index is 1910. The van der Waals surface area contributed by atoms with E-state index < -0.39 is 23.1 Å². The molecular weight excluding hydrogens is 578 g/mol. The maximum Gasteiger partial charge on any atom is 0.266 e. The normalized spacial score (nSPS) is 14.7. The fraction of sp³-hybridized carbons (Fsp3) is 0.242. The van der Waals surface area contributed by atoms with E-state index in [9.17, 15) is 18.4 Å². The van der Waals surface area contributed by atoms with Gasteiger partial charge >= 0.3 is 0 Å². The van der Waals surface area contributed by atoms with Crippen LogP contribution in [0, 0.1) is 11.6 Å². The van der Waals surface area contributed by atoms with Gasteiger partial charge in [-0.2, -0.15) is 0 Å². The van der Waals surface area contributed by atoms with E-state index in [-0.39, 0.29) is 18.2 Å². The number of rotatable bonds is 9. The first-order chi connectivity index (χ1) is 21.7. The number of fused-ring (bicyclic) bond motifs is 1. The van der Waals surface area contributed by atoms with Crippen LogP contribution in [0.2, 0.25) is 0 Å². The van der Waals surface area contributed by atoms with Gasteiger partial charge < -0.3 is 20.4 Å². The summed E-state index contributed by atoms with van der Waals surface area (Å²) in [5.41, 5.74) is 3.62. The molecule has 1 aliphatic heterocycles. The molecule has 2 N–H and O–H groups in total. The molecule has 2 aromatic heterocycles. The molecule has 3 heterocycles. The molecule has 5 aromatic rings.